The number of hydrogen-bond donors (Lipinski definition) is 2. The van der Waals surface area contributed by atoms with Gasteiger partial charge >= 0.3 is 18.2 Å². The fraction of sp³-hybridized carbons (Fsp3) is 0.385. The lowest BCUT2D eigenvalue weighted by Crippen LogP contribution is -2.42. The minimum absolute atomic E-state index is 0.115. The first kappa shape index (κ1) is 16.8. The number of carboxylic acid groups (broad SMARTS) is 1. The van der Waals surface area contributed by atoms with Crippen molar-refractivity contribution in [2.45, 2.75) is 12.6 Å². The van der Waals surface area contributed by atoms with Crippen LogP contribution < -0.4 is 5.32 Å². The minimum atomic E-state index is -4.44. The van der Waals surface area contributed by atoms with E-state index in [4.69, 9.17) is 5.11 Å². The van der Waals surface area contributed by atoms with Crippen LogP contribution in [0.15, 0.2) is 24.3 Å². The second-order valence-electron chi connectivity index (χ2n) is 4.46. The smallest absolute Gasteiger partial charge is 0.406 e. The van der Waals surface area contributed by atoms with Crippen molar-refractivity contribution in [2.75, 3.05) is 20.1 Å². The molecule has 1 aromatic rings. The van der Waals surface area contributed by atoms with E-state index in [-0.39, 0.29) is 12.1 Å². The molecule has 116 valence electrons. The zero-order valence-electron chi connectivity index (χ0n) is 11.3. The number of carbonyl (C=O) groups excluding carboxylic acids is 1. The highest BCUT2D eigenvalue weighted by Gasteiger charge is 2.31. The van der Waals surface area contributed by atoms with Crippen LogP contribution in [0.2, 0.25) is 0 Å². The molecule has 2 N–H and O–H groups in total. The Bertz CT molecular complexity index is 518. The number of alkyl halides is 3. The lowest BCUT2D eigenvalue weighted by Gasteiger charge is -2.19. The lowest BCUT2D eigenvalue weighted by molar-refractivity contribution is -0.137. The fourth-order valence-electron chi connectivity index (χ4n) is 1.65. The number of urea groups is 1. The molecule has 0 aromatic heterocycles. The van der Waals surface area contributed by atoms with Crippen molar-refractivity contribution in [3.8, 4) is 0 Å². The van der Waals surface area contributed by atoms with Crippen molar-refractivity contribution in [1.29, 1.82) is 0 Å². The lowest BCUT2D eigenvalue weighted by atomic mass is 10.1. The van der Waals surface area contributed by atoms with Crippen LogP contribution in [0.3, 0.4) is 0 Å². The number of carbonyl (C=O) groups is 2. The number of aromatic carboxylic acids is 1. The first-order chi connectivity index (χ1) is 9.69. The zero-order valence-corrected chi connectivity index (χ0v) is 11.3. The summed E-state index contributed by atoms with van der Waals surface area (Å²) >= 11 is 0. The average molecular weight is 304 g/mol. The molecule has 5 nitrogen and oxygen atoms in total. The summed E-state index contributed by atoms with van der Waals surface area (Å²) in [7, 11) is 1.05. The van der Waals surface area contributed by atoms with Crippen LogP contribution in [0.25, 0.3) is 0 Å². The van der Waals surface area contributed by atoms with Crippen LogP contribution in [-0.2, 0) is 6.42 Å². The molecule has 0 unspecified atom stereocenters. The average Bonchev–Trinajstić information content (AvgIpc) is 2.37. The van der Waals surface area contributed by atoms with E-state index in [1.54, 1.807) is 12.1 Å². The quantitative estimate of drug-likeness (QED) is 0.875. The Morgan fingerprint density at radius 3 is 2.57 bits per heavy atom. The number of halogens is 3. The van der Waals surface area contributed by atoms with Gasteiger partial charge in [0.25, 0.3) is 0 Å². The van der Waals surface area contributed by atoms with Crippen molar-refractivity contribution in [3.63, 3.8) is 0 Å². The third kappa shape index (κ3) is 6.15. The van der Waals surface area contributed by atoms with Gasteiger partial charge in [0, 0.05) is 13.6 Å². The van der Waals surface area contributed by atoms with Crippen LogP contribution in [-0.4, -0.2) is 48.3 Å². The fourth-order valence-corrected chi connectivity index (χ4v) is 1.65. The van der Waals surface area contributed by atoms with E-state index >= 15 is 0 Å². The molecule has 0 aliphatic carbocycles. The molecule has 0 fully saturated rings. The molecule has 0 saturated heterocycles. The van der Waals surface area contributed by atoms with Gasteiger partial charge in [-0.1, -0.05) is 12.1 Å². The maximum Gasteiger partial charge on any atom is 0.406 e. The van der Waals surface area contributed by atoms with Gasteiger partial charge in [-0.3, -0.25) is 0 Å². The second kappa shape index (κ2) is 6.96. The Kier molecular flexibility index (Phi) is 5.57. The van der Waals surface area contributed by atoms with Gasteiger partial charge in [-0.15, -0.1) is 0 Å². The molecular formula is C13H15F3N2O3. The maximum absolute atomic E-state index is 12.1. The first-order valence-electron chi connectivity index (χ1n) is 6.07. The monoisotopic (exact) mass is 304 g/mol. The van der Waals surface area contributed by atoms with Crippen LogP contribution in [0.4, 0.5) is 18.0 Å². The van der Waals surface area contributed by atoms with Gasteiger partial charge in [0.2, 0.25) is 0 Å². The highest BCUT2D eigenvalue weighted by Crippen LogP contribution is 2.15. The molecule has 21 heavy (non-hydrogen) atoms. The number of nitrogens with zero attached hydrogens (tertiary/aromatic N) is 1. The largest absolute Gasteiger partial charge is 0.478 e. The summed E-state index contributed by atoms with van der Waals surface area (Å²) in [6, 6.07) is 5.30. The molecule has 0 aliphatic heterocycles. The second-order valence-corrected chi connectivity index (χ2v) is 4.46. The minimum Gasteiger partial charge on any atom is -0.478 e. The summed E-state index contributed by atoms with van der Waals surface area (Å²) in [6.07, 6.45) is -4.12. The molecule has 0 saturated carbocycles. The first-order valence-corrected chi connectivity index (χ1v) is 6.07. The van der Waals surface area contributed by atoms with Crippen LogP contribution >= 0.6 is 0 Å². The van der Waals surface area contributed by atoms with Crippen molar-refractivity contribution in [2.24, 2.45) is 0 Å². The van der Waals surface area contributed by atoms with Gasteiger partial charge in [-0.05, 0) is 24.1 Å². The number of hydrogen-bond acceptors (Lipinski definition) is 2. The number of rotatable bonds is 5. The molecule has 8 heteroatoms. The predicted molar refractivity (Wildman–Crippen MR) is 69.2 cm³/mol. The molecule has 0 bridgehead atoms. The number of amides is 2. The molecule has 0 heterocycles. The third-order valence-electron chi connectivity index (χ3n) is 2.63. The van der Waals surface area contributed by atoms with Crippen molar-refractivity contribution >= 4 is 12.0 Å². The zero-order chi connectivity index (χ0) is 16.0. The molecular weight excluding hydrogens is 289 g/mol. The van der Waals surface area contributed by atoms with Gasteiger partial charge in [0.15, 0.2) is 0 Å². The summed E-state index contributed by atoms with van der Waals surface area (Å²) < 4.78 is 36.3. The predicted octanol–water partition coefficient (Wildman–Crippen LogP) is 2.13. The normalized spacial score (nSPS) is 11.0. The van der Waals surface area contributed by atoms with E-state index in [1.165, 1.54) is 12.1 Å². The van der Waals surface area contributed by atoms with Gasteiger partial charge < -0.3 is 15.3 Å². The van der Waals surface area contributed by atoms with Gasteiger partial charge in [0.05, 0.1) is 5.56 Å². The Labute approximate surface area is 119 Å². The van der Waals surface area contributed by atoms with E-state index in [2.05, 4.69) is 5.32 Å². The van der Waals surface area contributed by atoms with E-state index < -0.39 is 24.7 Å². The Morgan fingerprint density at radius 1 is 1.33 bits per heavy atom. The highest BCUT2D eigenvalue weighted by molar-refractivity contribution is 5.87. The molecule has 0 spiro atoms. The number of nitrogens with one attached hydrogen (secondary N) is 1. The maximum atomic E-state index is 12.1. The van der Waals surface area contributed by atoms with E-state index in [0.29, 0.717) is 16.9 Å². The molecule has 2 amide bonds. The van der Waals surface area contributed by atoms with Crippen molar-refractivity contribution in [1.82, 2.24) is 10.2 Å². The molecule has 1 rings (SSSR count). The summed E-state index contributed by atoms with van der Waals surface area (Å²) in [5.41, 5.74) is 0.793. The molecule has 0 radical (unpaired) electrons. The molecule has 0 atom stereocenters. The highest BCUT2D eigenvalue weighted by atomic mass is 19.4. The SMILES string of the molecule is CN(CC(F)(F)F)C(=O)NCCc1cccc(C(=O)O)c1. The number of benzene rings is 1. The third-order valence-corrected chi connectivity index (χ3v) is 2.63. The van der Waals surface area contributed by atoms with Crippen LogP contribution in [0.1, 0.15) is 15.9 Å². The standard InChI is InChI=1S/C13H15F3N2O3/c1-18(8-13(14,15)16)12(21)17-6-5-9-3-2-4-10(7-9)11(19)20/h2-4,7H,5-6,8H2,1H3,(H,17,21)(H,19,20). The van der Waals surface area contributed by atoms with Crippen LogP contribution in [0.5, 0.6) is 0 Å². The van der Waals surface area contributed by atoms with Gasteiger partial charge in [-0.25, -0.2) is 9.59 Å². The Morgan fingerprint density at radius 2 is 2.00 bits per heavy atom. The Hall–Kier alpha value is -2.25. The summed E-state index contributed by atoms with van der Waals surface area (Å²) in [4.78, 5) is 22.7. The van der Waals surface area contributed by atoms with Gasteiger partial charge in [0.1, 0.15) is 6.54 Å². The Balaban J connectivity index is 2.44. The van der Waals surface area contributed by atoms with E-state index in [1.807, 2.05) is 0 Å². The molecule has 1 aromatic carbocycles. The molecule has 0 aliphatic rings. The van der Waals surface area contributed by atoms with Crippen LogP contribution in [0, 0.1) is 0 Å². The van der Waals surface area contributed by atoms with Crippen molar-refractivity contribution < 1.29 is 27.9 Å². The summed E-state index contributed by atoms with van der Waals surface area (Å²) in [5.74, 6) is -1.06. The summed E-state index contributed by atoms with van der Waals surface area (Å²) in [6.45, 7) is -1.21. The topological polar surface area (TPSA) is 69.6 Å². The van der Waals surface area contributed by atoms with E-state index in [0.717, 1.165) is 7.05 Å². The van der Waals surface area contributed by atoms with Gasteiger partial charge in [-0.2, -0.15) is 13.2 Å². The van der Waals surface area contributed by atoms with Crippen molar-refractivity contribution in [3.05, 3.63) is 35.4 Å². The number of carboxylic acids is 1. The van der Waals surface area contributed by atoms with E-state index in [9.17, 15) is 22.8 Å². The summed E-state index contributed by atoms with van der Waals surface area (Å²) in [5, 5.41) is 11.2.